The van der Waals surface area contributed by atoms with Crippen LogP contribution in [0.1, 0.15) is 11.1 Å². The molecule has 0 aliphatic heterocycles. The zero-order valence-electron chi connectivity index (χ0n) is 18.2. The molecule has 1 radical (unpaired) electrons. The number of halogens is 4. The predicted octanol–water partition coefficient (Wildman–Crippen LogP) is 7.42. The molecule has 0 bridgehead atoms. The Labute approximate surface area is 212 Å². The van der Waals surface area contributed by atoms with Crippen molar-refractivity contribution < 1.29 is 27.6 Å². The zero-order chi connectivity index (χ0) is 24.6. The van der Waals surface area contributed by atoms with Gasteiger partial charge in [0.25, 0.3) is 0 Å². The summed E-state index contributed by atoms with van der Waals surface area (Å²) in [6.45, 7) is 0.406. The molecule has 177 valence electrons. The molecule has 0 aromatic heterocycles. The van der Waals surface area contributed by atoms with E-state index in [4.69, 9.17) is 42.0 Å². The fourth-order valence-corrected chi connectivity index (χ4v) is 3.32. The Morgan fingerprint density at radius 2 is 0.943 bits per heavy atom. The minimum atomic E-state index is -0.321. The highest BCUT2D eigenvalue weighted by Crippen LogP contribution is 2.33. The second-order valence-corrected chi connectivity index (χ2v) is 8.22. The SMILES string of the molecule is Fc1ccc(COc2ccc(Cl)cc2O[B]Oc2cc(Cl)ccc2OCc2ccc(F)cc2)cc1. The Hall–Kier alpha value is -3.42. The molecule has 0 fully saturated rings. The highest BCUT2D eigenvalue weighted by atomic mass is 35.5. The van der Waals surface area contributed by atoms with E-state index in [0.717, 1.165) is 18.8 Å². The fraction of sp³-hybridized carbons (Fsp3) is 0.0769. The third kappa shape index (κ3) is 7.28. The molecule has 0 heterocycles. The molecule has 0 saturated heterocycles. The molecule has 0 spiro atoms. The molecule has 0 aliphatic rings. The monoisotopic (exact) mass is 513 g/mol. The summed E-state index contributed by atoms with van der Waals surface area (Å²) < 4.78 is 49.1. The van der Waals surface area contributed by atoms with E-state index >= 15 is 0 Å². The molecule has 4 rings (SSSR count). The minimum Gasteiger partial charge on any atom is -0.524 e. The quantitative estimate of drug-likeness (QED) is 0.207. The molecule has 0 saturated carbocycles. The first kappa shape index (κ1) is 24.7. The van der Waals surface area contributed by atoms with Crippen LogP contribution in [0.15, 0.2) is 84.9 Å². The molecule has 4 nitrogen and oxygen atoms in total. The first-order valence-electron chi connectivity index (χ1n) is 10.4. The van der Waals surface area contributed by atoms with Crippen molar-refractivity contribution in [1.82, 2.24) is 0 Å². The Bertz CT molecular complexity index is 1170. The van der Waals surface area contributed by atoms with Crippen LogP contribution in [-0.2, 0) is 13.2 Å². The number of ether oxygens (including phenoxy) is 2. The van der Waals surface area contributed by atoms with Crippen molar-refractivity contribution in [2.45, 2.75) is 13.2 Å². The molecular weight excluding hydrogens is 496 g/mol. The van der Waals surface area contributed by atoms with Gasteiger partial charge in [0.1, 0.15) is 36.3 Å². The molecule has 0 N–H and O–H groups in total. The van der Waals surface area contributed by atoms with Gasteiger partial charge in [-0.25, -0.2) is 8.78 Å². The second kappa shape index (κ2) is 11.8. The minimum absolute atomic E-state index is 0.203. The van der Waals surface area contributed by atoms with Gasteiger partial charge in [-0.1, -0.05) is 47.5 Å². The summed E-state index contributed by atoms with van der Waals surface area (Å²) >= 11 is 12.2. The smallest absolute Gasteiger partial charge is 0.524 e. The third-order valence-electron chi connectivity index (χ3n) is 4.78. The van der Waals surface area contributed by atoms with Gasteiger partial charge >= 0.3 is 7.69 Å². The van der Waals surface area contributed by atoms with E-state index in [-0.39, 0.29) is 24.8 Å². The highest BCUT2D eigenvalue weighted by molar-refractivity contribution is 6.31. The van der Waals surface area contributed by atoms with Gasteiger partial charge in [-0.2, -0.15) is 0 Å². The number of rotatable bonds is 10. The number of hydrogen-bond acceptors (Lipinski definition) is 4. The van der Waals surface area contributed by atoms with Gasteiger partial charge in [-0.15, -0.1) is 0 Å². The maximum Gasteiger partial charge on any atom is 0.658 e. The summed E-state index contributed by atoms with van der Waals surface area (Å²) in [6, 6.07) is 21.8. The molecule has 0 aliphatic carbocycles. The maximum atomic E-state index is 13.1. The van der Waals surface area contributed by atoms with Crippen molar-refractivity contribution in [1.29, 1.82) is 0 Å². The van der Waals surface area contributed by atoms with Crippen LogP contribution in [0, 0.1) is 11.6 Å². The summed E-state index contributed by atoms with van der Waals surface area (Å²) in [6.07, 6.45) is 0. The van der Waals surface area contributed by atoms with Gasteiger partial charge in [-0.05, 0) is 59.7 Å². The summed E-state index contributed by atoms with van der Waals surface area (Å²) in [5.41, 5.74) is 1.57. The summed E-state index contributed by atoms with van der Waals surface area (Å²) in [5, 5.41) is 0.877. The molecule has 9 heteroatoms. The number of hydrogen-bond donors (Lipinski definition) is 0. The molecular formula is C26H18BCl2F2O4. The van der Waals surface area contributed by atoms with E-state index in [9.17, 15) is 8.78 Å². The molecule has 35 heavy (non-hydrogen) atoms. The van der Waals surface area contributed by atoms with Crippen molar-refractivity contribution in [3.63, 3.8) is 0 Å². The zero-order valence-corrected chi connectivity index (χ0v) is 19.7. The number of benzene rings is 4. The fourth-order valence-electron chi connectivity index (χ4n) is 3.00. The van der Waals surface area contributed by atoms with E-state index in [0.29, 0.717) is 33.0 Å². The van der Waals surface area contributed by atoms with Crippen LogP contribution < -0.4 is 18.8 Å². The molecule has 4 aromatic carbocycles. The van der Waals surface area contributed by atoms with Gasteiger partial charge in [0.15, 0.2) is 11.5 Å². The first-order valence-corrected chi connectivity index (χ1v) is 11.2. The van der Waals surface area contributed by atoms with Crippen molar-refractivity contribution in [3.05, 3.63) is 118 Å². The largest absolute Gasteiger partial charge is 0.658 e. The summed E-state index contributed by atoms with van der Waals surface area (Å²) in [4.78, 5) is 0. The molecule has 0 unspecified atom stereocenters. The lowest BCUT2D eigenvalue weighted by atomic mass is 10.2. The van der Waals surface area contributed by atoms with Crippen LogP contribution in [0.4, 0.5) is 8.78 Å². The standard InChI is InChI=1S/C26H18BCl2F2O4/c28-19-5-11-23(32-15-17-1-7-21(30)8-2-17)25(13-19)34-27-35-26-14-20(29)6-12-24(26)33-16-18-3-9-22(31)10-4-18/h1-14H,15-16H2. The predicted molar refractivity (Wildman–Crippen MR) is 131 cm³/mol. The van der Waals surface area contributed by atoms with Gasteiger partial charge in [-0.3, -0.25) is 0 Å². The highest BCUT2D eigenvalue weighted by Gasteiger charge is 2.13. The maximum absolute atomic E-state index is 13.1. The van der Waals surface area contributed by atoms with Gasteiger partial charge in [0, 0.05) is 22.2 Å². The van der Waals surface area contributed by atoms with Crippen molar-refractivity contribution in [2.24, 2.45) is 0 Å². The Morgan fingerprint density at radius 3 is 1.34 bits per heavy atom. The molecule has 4 aromatic rings. The molecule has 0 amide bonds. The Morgan fingerprint density at radius 1 is 0.543 bits per heavy atom. The van der Waals surface area contributed by atoms with Crippen LogP contribution in [0.5, 0.6) is 23.0 Å². The van der Waals surface area contributed by atoms with E-state index in [2.05, 4.69) is 0 Å². The summed E-state index contributed by atoms with van der Waals surface area (Å²) in [7, 11) is 1.10. The lowest BCUT2D eigenvalue weighted by Gasteiger charge is -2.15. The van der Waals surface area contributed by atoms with Crippen LogP contribution >= 0.6 is 23.2 Å². The van der Waals surface area contributed by atoms with Crippen LogP contribution in [0.2, 0.25) is 10.0 Å². The van der Waals surface area contributed by atoms with Crippen molar-refractivity contribution >= 4 is 30.9 Å². The van der Waals surface area contributed by atoms with Gasteiger partial charge in [0.05, 0.1) is 0 Å². The van der Waals surface area contributed by atoms with Crippen molar-refractivity contribution in [3.8, 4) is 23.0 Å². The lowest BCUT2D eigenvalue weighted by molar-refractivity contribution is 0.288. The summed E-state index contributed by atoms with van der Waals surface area (Å²) in [5.74, 6) is 0.817. The Balaban J connectivity index is 1.39. The topological polar surface area (TPSA) is 36.9 Å². The normalized spacial score (nSPS) is 10.5. The Kier molecular flexibility index (Phi) is 8.34. The average molecular weight is 514 g/mol. The van der Waals surface area contributed by atoms with Crippen LogP contribution in [-0.4, -0.2) is 7.69 Å². The third-order valence-corrected chi connectivity index (χ3v) is 5.25. The van der Waals surface area contributed by atoms with E-state index in [1.54, 1.807) is 60.7 Å². The van der Waals surface area contributed by atoms with Gasteiger partial charge in [0.2, 0.25) is 0 Å². The lowest BCUT2D eigenvalue weighted by Crippen LogP contribution is -2.13. The van der Waals surface area contributed by atoms with Gasteiger partial charge < -0.3 is 18.8 Å². The van der Waals surface area contributed by atoms with Crippen molar-refractivity contribution in [2.75, 3.05) is 0 Å². The second-order valence-electron chi connectivity index (χ2n) is 7.34. The van der Waals surface area contributed by atoms with E-state index < -0.39 is 0 Å². The van der Waals surface area contributed by atoms with Crippen LogP contribution in [0.25, 0.3) is 0 Å². The molecule has 0 atom stereocenters. The van der Waals surface area contributed by atoms with E-state index in [1.807, 2.05) is 0 Å². The van der Waals surface area contributed by atoms with Crippen LogP contribution in [0.3, 0.4) is 0 Å². The average Bonchev–Trinajstić information content (AvgIpc) is 2.85. The van der Waals surface area contributed by atoms with E-state index in [1.165, 1.54) is 24.3 Å². The first-order chi connectivity index (χ1) is 17.0.